The van der Waals surface area contributed by atoms with Crippen molar-refractivity contribution in [2.45, 2.75) is 58.1 Å². The van der Waals surface area contributed by atoms with E-state index in [1.807, 2.05) is 59.5 Å². The van der Waals surface area contributed by atoms with E-state index in [0.29, 0.717) is 34.8 Å². The molecule has 4 aromatic rings. The number of aromatic nitrogens is 5. The van der Waals surface area contributed by atoms with Gasteiger partial charge in [0.05, 0.1) is 24.3 Å². The molecule has 0 aliphatic heterocycles. The van der Waals surface area contributed by atoms with E-state index in [2.05, 4.69) is 34.5 Å². The Morgan fingerprint density at radius 2 is 1.78 bits per heavy atom. The predicted octanol–water partition coefficient (Wildman–Crippen LogP) is 5.03. The Labute approximate surface area is 215 Å². The molecule has 0 fully saturated rings. The fraction of sp³-hybridized carbons (Fsp3) is 0.333. The predicted molar refractivity (Wildman–Crippen MR) is 139 cm³/mol. The molecule has 1 N–H and O–H groups in total. The van der Waals surface area contributed by atoms with Gasteiger partial charge in [-0.05, 0) is 43.5 Å². The molecule has 1 amide bonds. The Morgan fingerprint density at radius 3 is 2.50 bits per heavy atom. The van der Waals surface area contributed by atoms with Gasteiger partial charge >= 0.3 is 0 Å². The molecule has 0 atom stereocenters. The second-order valence-corrected chi connectivity index (χ2v) is 10.1. The maximum atomic E-state index is 14.0. The van der Waals surface area contributed by atoms with Gasteiger partial charge in [0, 0.05) is 23.6 Å². The lowest BCUT2D eigenvalue weighted by atomic mass is 10.1. The molecule has 0 saturated heterocycles. The Morgan fingerprint density at radius 1 is 1.06 bits per heavy atom. The van der Waals surface area contributed by atoms with Crippen molar-refractivity contribution in [1.29, 1.82) is 0 Å². The maximum absolute atomic E-state index is 14.0. The van der Waals surface area contributed by atoms with Crippen LogP contribution in [0, 0.1) is 25.6 Å². The van der Waals surface area contributed by atoms with E-state index in [9.17, 15) is 9.18 Å². The van der Waals surface area contributed by atoms with E-state index in [4.69, 9.17) is 0 Å². The minimum absolute atomic E-state index is 0.103. The van der Waals surface area contributed by atoms with Crippen molar-refractivity contribution in [2.24, 2.45) is 5.92 Å². The molecule has 9 heteroatoms. The third-order valence-corrected chi connectivity index (χ3v) is 6.89. The highest BCUT2D eigenvalue weighted by Crippen LogP contribution is 2.24. The SMILES string of the molecule is Cc1nn(-c2ccccc2)c(C)c1CC(=O)NCc1nnc(SCc2ccccc2F)n1CC(C)C. The number of thioether (sulfide) groups is 1. The zero-order valence-electron chi connectivity index (χ0n) is 21.0. The van der Waals surface area contributed by atoms with Gasteiger partial charge in [-0.3, -0.25) is 4.79 Å². The van der Waals surface area contributed by atoms with E-state index in [0.717, 1.165) is 22.6 Å². The van der Waals surface area contributed by atoms with Crippen LogP contribution in [0.4, 0.5) is 4.39 Å². The van der Waals surface area contributed by atoms with Crippen LogP contribution < -0.4 is 5.32 Å². The van der Waals surface area contributed by atoms with Crippen molar-refractivity contribution in [3.05, 3.63) is 88.8 Å². The van der Waals surface area contributed by atoms with E-state index in [-0.39, 0.29) is 24.7 Å². The summed E-state index contributed by atoms with van der Waals surface area (Å²) in [4.78, 5) is 12.9. The number of benzene rings is 2. The second-order valence-electron chi connectivity index (χ2n) is 9.13. The molecule has 0 saturated carbocycles. The van der Waals surface area contributed by atoms with Crippen molar-refractivity contribution in [2.75, 3.05) is 0 Å². The van der Waals surface area contributed by atoms with Crippen molar-refractivity contribution in [3.8, 4) is 5.69 Å². The van der Waals surface area contributed by atoms with Crippen molar-refractivity contribution < 1.29 is 9.18 Å². The summed E-state index contributed by atoms with van der Waals surface area (Å²) < 4.78 is 17.9. The van der Waals surface area contributed by atoms with Gasteiger partial charge in [0.25, 0.3) is 0 Å². The first kappa shape index (κ1) is 25.6. The van der Waals surface area contributed by atoms with Crippen LogP contribution in [0.15, 0.2) is 59.8 Å². The Kier molecular flexibility index (Phi) is 8.20. The number of carbonyl (C=O) groups excluding carboxylic acids is 1. The van der Waals surface area contributed by atoms with E-state index >= 15 is 0 Å². The van der Waals surface area contributed by atoms with E-state index in [1.54, 1.807) is 12.1 Å². The van der Waals surface area contributed by atoms with Gasteiger partial charge in [-0.1, -0.05) is 62.0 Å². The average molecular weight is 507 g/mol. The zero-order chi connectivity index (χ0) is 25.7. The molecule has 0 aliphatic carbocycles. The lowest BCUT2D eigenvalue weighted by molar-refractivity contribution is -0.120. The molecule has 0 spiro atoms. The molecule has 2 aromatic heterocycles. The van der Waals surface area contributed by atoms with Crippen LogP contribution in [0.5, 0.6) is 0 Å². The van der Waals surface area contributed by atoms with Crippen molar-refractivity contribution in [1.82, 2.24) is 29.9 Å². The Balaban J connectivity index is 1.43. The number of nitrogens with one attached hydrogen (secondary N) is 1. The summed E-state index contributed by atoms with van der Waals surface area (Å²) in [6.45, 7) is 9.11. The van der Waals surface area contributed by atoms with Crippen LogP contribution >= 0.6 is 11.8 Å². The van der Waals surface area contributed by atoms with Crippen LogP contribution in [0.2, 0.25) is 0 Å². The highest BCUT2D eigenvalue weighted by atomic mass is 32.2. The van der Waals surface area contributed by atoms with Gasteiger partial charge in [0.1, 0.15) is 5.82 Å². The van der Waals surface area contributed by atoms with Crippen molar-refractivity contribution in [3.63, 3.8) is 0 Å². The molecule has 0 unspecified atom stereocenters. The number of halogens is 1. The summed E-state index contributed by atoms with van der Waals surface area (Å²) >= 11 is 1.44. The number of aryl methyl sites for hydroxylation is 1. The number of para-hydroxylation sites is 1. The summed E-state index contributed by atoms with van der Waals surface area (Å²) in [6.07, 6.45) is 0.234. The average Bonchev–Trinajstić information content (AvgIpc) is 3.37. The van der Waals surface area contributed by atoms with E-state index < -0.39 is 0 Å². The van der Waals surface area contributed by atoms with Crippen molar-refractivity contribution >= 4 is 17.7 Å². The highest BCUT2D eigenvalue weighted by Gasteiger charge is 2.18. The summed E-state index contributed by atoms with van der Waals surface area (Å²) in [5, 5.41) is 17.0. The molecular formula is C27H31FN6OS. The fourth-order valence-corrected chi connectivity index (χ4v) is 4.97. The molecule has 0 aliphatic rings. The number of hydrogen-bond donors (Lipinski definition) is 1. The molecule has 36 heavy (non-hydrogen) atoms. The quantitative estimate of drug-likeness (QED) is 0.305. The third-order valence-electron chi connectivity index (χ3n) is 5.88. The van der Waals surface area contributed by atoms with Crippen LogP contribution in [-0.4, -0.2) is 30.5 Å². The smallest absolute Gasteiger partial charge is 0.224 e. The molecule has 4 rings (SSSR count). The first-order valence-electron chi connectivity index (χ1n) is 12.0. The molecule has 188 valence electrons. The summed E-state index contributed by atoms with van der Waals surface area (Å²) in [7, 11) is 0. The topological polar surface area (TPSA) is 77.6 Å². The summed E-state index contributed by atoms with van der Waals surface area (Å²) in [6, 6.07) is 16.6. The van der Waals surface area contributed by atoms with Gasteiger partial charge in [-0.15, -0.1) is 10.2 Å². The third kappa shape index (κ3) is 6.02. The normalized spacial score (nSPS) is 11.3. The number of nitrogens with zero attached hydrogens (tertiary/aromatic N) is 5. The zero-order valence-corrected chi connectivity index (χ0v) is 21.8. The molecule has 7 nitrogen and oxygen atoms in total. The number of hydrogen-bond acceptors (Lipinski definition) is 5. The lowest BCUT2D eigenvalue weighted by Gasteiger charge is -2.13. The number of rotatable bonds is 10. The minimum Gasteiger partial charge on any atom is -0.349 e. The Hall–Kier alpha value is -3.46. The van der Waals surface area contributed by atoms with Crippen LogP contribution in [0.3, 0.4) is 0 Å². The molecule has 2 heterocycles. The van der Waals surface area contributed by atoms with Crippen LogP contribution in [0.25, 0.3) is 5.69 Å². The minimum atomic E-state index is -0.228. The number of carbonyl (C=O) groups is 1. The monoisotopic (exact) mass is 506 g/mol. The standard InChI is InChI=1S/C27H31FN6OS/c1-18(2)16-33-25(30-31-27(33)36-17-21-10-8-9-13-24(21)28)15-29-26(35)14-23-19(3)32-34(20(23)4)22-11-6-5-7-12-22/h5-13,18H,14-17H2,1-4H3,(H,29,35). The Bertz CT molecular complexity index is 1330. The molecule has 0 bridgehead atoms. The summed E-state index contributed by atoms with van der Waals surface area (Å²) in [5.41, 5.74) is 4.29. The van der Waals surface area contributed by atoms with Gasteiger partial charge in [0.2, 0.25) is 5.91 Å². The molecular weight excluding hydrogens is 475 g/mol. The fourth-order valence-electron chi connectivity index (χ4n) is 4.01. The second kappa shape index (κ2) is 11.5. The summed E-state index contributed by atoms with van der Waals surface area (Å²) in [5.74, 6) is 1.17. The van der Waals surface area contributed by atoms with Gasteiger partial charge in [-0.2, -0.15) is 5.10 Å². The van der Waals surface area contributed by atoms with Gasteiger partial charge in [-0.25, -0.2) is 9.07 Å². The molecule has 2 aromatic carbocycles. The van der Waals surface area contributed by atoms with Gasteiger partial charge < -0.3 is 9.88 Å². The molecule has 0 radical (unpaired) electrons. The van der Waals surface area contributed by atoms with Gasteiger partial charge in [0.15, 0.2) is 11.0 Å². The van der Waals surface area contributed by atoms with E-state index in [1.165, 1.54) is 17.8 Å². The highest BCUT2D eigenvalue weighted by molar-refractivity contribution is 7.98. The van der Waals surface area contributed by atoms with Crippen LogP contribution in [0.1, 0.15) is 42.2 Å². The maximum Gasteiger partial charge on any atom is 0.224 e. The lowest BCUT2D eigenvalue weighted by Crippen LogP contribution is -2.27. The number of amides is 1. The first-order chi connectivity index (χ1) is 17.3. The largest absolute Gasteiger partial charge is 0.349 e. The van der Waals surface area contributed by atoms with Crippen LogP contribution in [-0.2, 0) is 30.1 Å². The first-order valence-corrected chi connectivity index (χ1v) is 13.0.